The zero-order valence-electron chi connectivity index (χ0n) is 17.6. The van der Waals surface area contributed by atoms with Crippen LogP contribution in [0.15, 0.2) is 47.1 Å². The van der Waals surface area contributed by atoms with Crippen molar-refractivity contribution < 1.29 is 22.0 Å². The number of hydrogen-bond acceptors (Lipinski definition) is 8. The fourth-order valence-electron chi connectivity index (χ4n) is 3.59. The molecule has 4 aromatic rings. The highest BCUT2D eigenvalue weighted by Gasteiger charge is 2.38. The first-order chi connectivity index (χ1) is 16.4. The Morgan fingerprint density at radius 3 is 2.56 bits per heavy atom. The summed E-state index contributed by atoms with van der Waals surface area (Å²) in [5.41, 5.74) is 1.76. The molecule has 34 heavy (non-hydrogen) atoms. The molecule has 5 rings (SSSR count). The number of nitrogens with zero attached hydrogens (tertiary/aromatic N) is 7. The maximum Gasteiger partial charge on any atom is 0.470 e. The van der Waals surface area contributed by atoms with Gasteiger partial charge in [0.15, 0.2) is 0 Å². The van der Waals surface area contributed by atoms with Crippen molar-refractivity contribution in [2.45, 2.75) is 12.7 Å². The number of hydrogen-bond donors (Lipinski definition) is 1. The summed E-state index contributed by atoms with van der Waals surface area (Å²) in [6.07, 6.45) is -1.36. The van der Waals surface area contributed by atoms with Gasteiger partial charge >= 0.3 is 12.1 Å². The molecular weight excluding hydrogens is 456 g/mol. The van der Waals surface area contributed by atoms with Crippen molar-refractivity contribution in [1.82, 2.24) is 35.5 Å². The second-order valence-electron chi connectivity index (χ2n) is 7.66. The van der Waals surface area contributed by atoms with Crippen LogP contribution in [0.2, 0.25) is 0 Å². The second kappa shape index (κ2) is 8.82. The number of pyridine rings is 1. The van der Waals surface area contributed by atoms with Crippen LogP contribution in [0.5, 0.6) is 0 Å². The van der Waals surface area contributed by atoms with Crippen LogP contribution in [0.3, 0.4) is 0 Å². The quantitative estimate of drug-likeness (QED) is 0.441. The first-order valence-corrected chi connectivity index (χ1v) is 10.4. The lowest BCUT2D eigenvalue weighted by Gasteiger charge is -2.28. The van der Waals surface area contributed by atoms with Gasteiger partial charge in [0.2, 0.25) is 5.89 Å². The van der Waals surface area contributed by atoms with Crippen LogP contribution in [0, 0.1) is 5.82 Å². The molecule has 0 unspecified atom stereocenters. The molecule has 176 valence electrons. The zero-order valence-corrected chi connectivity index (χ0v) is 17.6. The molecule has 1 aliphatic heterocycles. The molecular formula is C21H18F4N8O. The number of aromatic nitrogens is 6. The fourth-order valence-corrected chi connectivity index (χ4v) is 3.59. The van der Waals surface area contributed by atoms with Gasteiger partial charge in [-0.3, -0.25) is 0 Å². The summed E-state index contributed by atoms with van der Waals surface area (Å²) in [6, 6.07) is 7.65. The summed E-state index contributed by atoms with van der Waals surface area (Å²) < 4.78 is 58.7. The Bertz CT molecular complexity index is 1300. The number of anilines is 1. The Hall–Kier alpha value is -3.87. The van der Waals surface area contributed by atoms with E-state index in [0.717, 1.165) is 43.6 Å². The summed E-state index contributed by atoms with van der Waals surface area (Å²) in [4.78, 5) is 6.62. The normalized spacial score (nSPS) is 14.5. The lowest BCUT2D eigenvalue weighted by atomic mass is 10.1. The molecule has 9 nitrogen and oxygen atoms in total. The second-order valence-corrected chi connectivity index (χ2v) is 7.66. The van der Waals surface area contributed by atoms with Crippen molar-refractivity contribution in [1.29, 1.82) is 0 Å². The van der Waals surface area contributed by atoms with Crippen LogP contribution in [-0.2, 0) is 12.7 Å². The van der Waals surface area contributed by atoms with Gasteiger partial charge in [-0.2, -0.15) is 13.2 Å². The van der Waals surface area contributed by atoms with Gasteiger partial charge in [0.1, 0.15) is 17.3 Å². The molecule has 1 fully saturated rings. The Kier molecular flexibility index (Phi) is 5.69. The molecule has 1 aliphatic rings. The average Bonchev–Trinajstić information content (AvgIpc) is 3.51. The molecule has 1 N–H and O–H groups in total. The maximum absolute atomic E-state index is 14.7. The largest absolute Gasteiger partial charge is 0.470 e. The van der Waals surface area contributed by atoms with E-state index in [1.54, 1.807) is 12.4 Å². The van der Waals surface area contributed by atoms with Gasteiger partial charge in [-0.25, -0.2) is 14.1 Å². The van der Waals surface area contributed by atoms with Crippen LogP contribution < -0.4 is 10.2 Å². The third kappa shape index (κ3) is 4.59. The van der Waals surface area contributed by atoms with E-state index in [1.807, 2.05) is 12.1 Å². The van der Waals surface area contributed by atoms with Crippen molar-refractivity contribution in [2.75, 3.05) is 31.1 Å². The summed E-state index contributed by atoms with van der Waals surface area (Å²) in [5, 5.41) is 17.8. The van der Waals surface area contributed by atoms with E-state index in [-0.39, 0.29) is 17.7 Å². The Morgan fingerprint density at radius 1 is 1.00 bits per heavy atom. The van der Waals surface area contributed by atoms with Gasteiger partial charge in [-0.05, 0) is 24.3 Å². The Balaban J connectivity index is 1.31. The minimum absolute atomic E-state index is 0.0424. The number of benzene rings is 1. The SMILES string of the molecule is Fc1cc(-c2nnc(C(F)(F)F)o2)ccc1Cn1cc(-c2ccnc(N3CCNCC3)c2)nn1. The summed E-state index contributed by atoms with van der Waals surface area (Å²) in [5.74, 6) is -1.70. The first-order valence-electron chi connectivity index (χ1n) is 10.4. The first kappa shape index (κ1) is 21.9. The summed E-state index contributed by atoms with van der Waals surface area (Å²) in [6.45, 7) is 3.58. The summed E-state index contributed by atoms with van der Waals surface area (Å²) >= 11 is 0. The van der Waals surface area contributed by atoms with Crippen molar-refractivity contribution in [3.05, 3.63) is 60.0 Å². The third-order valence-electron chi connectivity index (χ3n) is 5.32. The van der Waals surface area contributed by atoms with E-state index in [0.29, 0.717) is 5.69 Å². The fraction of sp³-hybridized carbons (Fsp3) is 0.286. The number of rotatable bonds is 5. The number of alkyl halides is 3. The molecule has 0 aliphatic carbocycles. The van der Waals surface area contributed by atoms with E-state index in [9.17, 15) is 17.6 Å². The topological polar surface area (TPSA) is 97.8 Å². The lowest BCUT2D eigenvalue weighted by molar-refractivity contribution is -0.156. The van der Waals surface area contributed by atoms with Crippen LogP contribution in [0.1, 0.15) is 11.5 Å². The minimum Gasteiger partial charge on any atom is -0.413 e. The lowest BCUT2D eigenvalue weighted by Crippen LogP contribution is -2.43. The van der Waals surface area contributed by atoms with Gasteiger partial charge in [0.05, 0.1) is 12.7 Å². The molecule has 4 heterocycles. The molecule has 0 radical (unpaired) electrons. The molecule has 13 heteroatoms. The highest BCUT2D eigenvalue weighted by atomic mass is 19.4. The van der Waals surface area contributed by atoms with E-state index in [1.165, 1.54) is 16.8 Å². The number of nitrogens with one attached hydrogen (secondary N) is 1. The highest BCUT2D eigenvalue weighted by molar-refractivity contribution is 5.62. The molecule has 0 atom stereocenters. The molecule has 0 bridgehead atoms. The van der Waals surface area contributed by atoms with Gasteiger partial charge in [0, 0.05) is 49.1 Å². The smallest absolute Gasteiger partial charge is 0.413 e. The van der Waals surface area contributed by atoms with E-state index in [4.69, 9.17) is 0 Å². The predicted molar refractivity (Wildman–Crippen MR) is 112 cm³/mol. The molecule has 0 spiro atoms. The predicted octanol–water partition coefficient (Wildman–Crippen LogP) is 3.01. The van der Waals surface area contributed by atoms with Crippen LogP contribution in [0.4, 0.5) is 23.4 Å². The van der Waals surface area contributed by atoms with E-state index >= 15 is 0 Å². The van der Waals surface area contributed by atoms with Gasteiger partial charge in [-0.15, -0.1) is 15.3 Å². The van der Waals surface area contributed by atoms with Crippen LogP contribution in [0.25, 0.3) is 22.7 Å². The molecule has 1 aromatic carbocycles. The molecule has 0 amide bonds. The van der Waals surface area contributed by atoms with Crippen LogP contribution in [-0.4, -0.2) is 56.4 Å². The Labute approximate surface area is 190 Å². The van der Waals surface area contributed by atoms with Crippen molar-refractivity contribution in [3.8, 4) is 22.7 Å². The number of piperazine rings is 1. The van der Waals surface area contributed by atoms with Crippen molar-refractivity contribution in [2.24, 2.45) is 0 Å². The summed E-state index contributed by atoms with van der Waals surface area (Å²) in [7, 11) is 0. The third-order valence-corrected chi connectivity index (χ3v) is 5.32. The van der Waals surface area contributed by atoms with Gasteiger partial charge in [-0.1, -0.05) is 11.3 Å². The standard InChI is InChI=1S/C21H18F4N8O/c22-16-9-14(19-29-30-20(34-19)21(23,24)25)1-2-15(16)11-33-12-17(28-31-33)13-3-4-27-18(10-13)32-7-5-26-6-8-32/h1-4,9-10,12,26H,5-8,11H2. The average molecular weight is 474 g/mol. The highest BCUT2D eigenvalue weighted by Crippen LogP contribution is 2.31. The van der Waals surface area contributed by atoms with Gasteiger partial charge < -0.3 is 14.6 Å². The Morgan fingerprint density at radius 2 is 1.82 bits per heavy atom. The monoisotopic (exact) mass is 474 g/mol. The minimum atomic E-state index is -4.77. The van der Waals surface area contributed by atoms with Gasteiger partial charge in [0.25, 0.3) is 0 Å². The maximum atomic E-state index is 14.7. The van der Waals surface area contributed by atoms with Crippen molar-refractivity contribution >= 4 is 5.82 Å². The van der Waals surface area contributed by atoms with Crippen LogP contribution >= 0.6 is 0 Å². The zero-order chi connectivity index (χ0) is 23.7. The molecule has 0 saturated carbocycles. The molecule has 3 aromatic heterocycles. The molecule has 1 saturated heterocycles. The van der Waals surface area contributed by atoms with E-state index in [2.05, 4.69) is 40.1 Å². The van der Waals surface area contributed by atoms with Crippen molar-refractivity contribution in [3.63, 3.8) is 0 Å². The number of halogens is 4. The van der Waals surface area contributed by atoms with E-state index < -0.39 is 23.8 Å².